The smallest absolute Gasteiger partial charge is 0.338 e. The molecule has 4 rings (SSSR count). The average molecular weight is 594 g/mol. The third-order valence-corrected chi connectivity index (χ3v) is 7.06. The van der Waals surface area contributed by atoms with Crippen LogP contribution in [-0.2, 0) is 14.3 Å². The Morgan fingerprint density at radius 3 is 2.12 bits per heavy atom. The Morgan fingerprint density at radius 2 is 1.44 bits per heavy atom. The lowest BCUT2D eigenvalue weighted by Crippen LogP contribution is -2.30. The van der Waals surface area contributed by atoms with Crippen LogP contribution < -0.4 is 16.0 Å². The summed E-state index contributed by atoms with van der Waals surface area (Å²) in [5.74, 6) is -1.31. The van der Waals surface area contributed by atoms with Gasteiger partial charge in [0.15, 0.2) is 0 Å². The van der Waals surface area contributed by atoms with E-state index in [9.17, 15) is 19.2 Å². The number of esters is 1. The number of ether oxygens (including phenoxy) is 1. The van der Waals surface area contributed by atoms with E-state index >= 15 is 0 Å². The van der Waals surface area contributed by atoms with Gasteiger partial charge in [-0.2, -0.15) is 0 Å². The number of carbonyl (C=O) groups excluding carboxylic acids is 4. The van der Waals surface area contributed by atoms with E-state index in [1.807, 2.05) is 37.3 Å². The zero-order valence-electron chi connectivity index (χ0n) is 23.8. The number of rotatable bonds is 11. The quantitative estimate of drug-likeness (QED) is 0.107. The lowest BCUT2D eigenvalue weighted by molar-refractivity contribution is -0.114. The topological polar surface area (TPSA) is 114 Å². The fourth-order valence-electron chi connectivity index (χ4n) is 3.95. The Balaban J connectivity index is 1.35. The van der Waals surface area contributed by atoms with Crippen LogP contribution in [0.1, 0.15) is 38.8 Å². The molecule has 9 heteroatoms. The molecule has 218 valence electrons. The van der Waals surface area contributed by atoms with Crippen molar-refractivity contribution in [3.63, 3.8) is 0 Å². The minimum atomic E-state index is -0.473. The number of anilines is 2. The van der Waals surface area contributed by atoms with Gasteiger partial charge in [0.05, 0.1) is 17.9 Å². The standard InChI is InChI=1S/C34H31N3O5S/c1-3-42-34(41)26-12-14-27(15-13-26)35-31(38)22-43-29-18-16-28(17-19-29)36-33(40)30(21-24-9-7-8-23(2)20-24)37-32(39)25-10-5-4-6-11-25/h4-21H,3,22H2,1-2H3,(H,35,38)(H,36,40)(H,37,39)/b30-21-. The predicted molar refractivity (Wildman–Crippen MR) is 170 cm³/mol. The van der Waals surface area contributed by atoms with Gasteiger partial charge in [-0.25, -0.2) is 4.79 Å². The number of carbonyl (C=O) groups is 4. The van der Waals surface area contributed by atoms with Gasteiger partial charge < -0.3 is 20.7 Å². The van der Waals surface area contributed by atoms with Gasteiger partial charge in [0.2, 0.25) is 5.91 Å². The lowest BCUT2D eigenvalue weighted by Gasteiger charge is -2.12. The number of benzene rings is 4. The van der Waals surface area contributed by atoms with Crippen molar-refractivity contribution in [2.75, 3.05) is 23.0 Å². The molecule has 0 bridgehead atoms. The van der Waals surface area contributed by atoms with E-state index in [0.717, 1.165) is 16.0 Å². The van der Waals surface area contributed by atoms with Gasteiger partial charge >= 0.3 is 5.97 Å². The first-order chi connectivity index (χ1) is 20.8. The Bertz CT molecular complexity index is 1620. The molecule has 43 heavy (non-hydrogen) atoms. The van der Waals surface area contributed by atoms with Gasteiger partial charge in [-0.1, -0.05) is 48.0 Å². The first kappa shape index (κ1) is 30.8. The fraction of sp³-hybridized carbons (Fsp3) is 0.118. The van der Waals surface area contributed by atoms with Crippen LogP contribution in [0.25, 0.3) is 6.08 Å². The second-order valence-corrected chi connectivity index (χ2v) is 10.5. The highest BCUT2D eigenvalue weighted by Crippen LogP contribution is 2.21. The first-order valence-corrected chi connectivity index (χ1v) is 14.6. The van der Waals surface area contributed by atoms with E-state index in [1.165, 1.54) is 11.8 Å². The van der Waals surface area contributed by atoms with Gasteiger partial charge in [0.25, 0.3) is 11.8 Å². The molecular formula is C34H31N3O5S. The molecule has 0 spiro atoms. The second-order valence-electron chi connectivity index (χ2n) is 9.41. The monoisotopic (exact) mass is 593 g/mol. The number of thioether (sulfide) groups is 1. The molecule has 0 saturated heterocycles. The van der Waals surface area contributed by atoms with Gasteiger partial charge in [0, 0.05) is 21.8 Å². The number of hydrogen-bond donors (Lipinski definition) is 3. The third kappa shape index (κ3) is 9.44. The lowest BCUT2D eigenvalue weighted by atomic mass is 10.1. The minimum Gasteiger partial charge on any atom is -0.462 e. The van der Waals surface area contributed by atoms with E-state index in [1.54, 1.807) is 85.8 Å². The molecule has 4 aromatic rings. The maximum Gasteiger partial charge on any atom is 0.338 e. The van der Waals surface area contributed by atoms with E-state index in [4.69, 9.17) is 4.74 Å². The Hall–Kier alpha value is -5.15. The van der Waals surface area contributed by atoms with E-state index in [0.29, 0.717) is 29.1 Å². The van der Waals surface area contributed by atoms with Gasteiger partial charge in [-0.3, -0.25) is 14.4 Å². The zero-order valence-corrected chi connectivity index (χ0v) is 24.6. The summed E-state index contributed by atoms with van der Waals surface area (Å²) in [4.78, 5) is 51.1. The van der Waals surface area contributed by atoms with Crippen LogP contribution in [0.2, 0.25) is 0 Å². The predicted octanol–water partition coefficient (Wildman–Crippen LogP) is 6.31. The van der Waals surface area contributed by atoms with Crippen molar-refractivity contribution in [1.29, 1.82) is 0 Å². The van der Waals surface area contributed by atoms with Crippen LogP contribution >= 0.6 is 11.8 Å². The van der Waals surface area contributed by atoms with Crippen LogP contribution in [0.15, 0.2) is 114 Å². The maximum absolute atomic E-state index is 13.3. The highest BCUT2D eigenvalue weighted by Gasteiger charge is 2.15. The summed E-state index contributed by atoms with van der Waals surface area (Å²) in [7, 11) is 0. The summed E-state index contributed by atoms with van der Waals surface area (Å²) >= 11 is 1.34. The van der Waals surface area contributed by atoms with Crippen LogP contribution in [0, 0.1) is 6.92 Å². The van der Waals surface area contributed by atoms with Crippen LogP contribution in [0.4, 0.5) is 11.4 Å². The number of hydrogen-bond acceptors (Lipinski definition) is 6. The molecule has 3 N–H and O–H groups in total. The summed E-state index contributed by atoms with van der Waals surface area (Å²) in [5.41, 5.74) is 3.86. The molecule has 0 fully saturated rings. The first-order valence-electron chi connectivity index (χ1n) is 13.6. The van der Waals surface area contributed by atoms with Crippen molar-refractivity contribution in [1.82, 2.24) is 5.32 Å². The van der Waals surface area contributed by atoms with E-state index in [2.05, 4.69) is 16.0 Å². The van der Waals surface area contributed by atoms with Gasteiger partial charge in [-0.05, 0) is 86.2 Å². The molecule has 0 aliphatic carbocycles. The normalized spacial score (nSPS) is 10.9. The highest BCUT2D eigenvalue weighted by molar-refractivity contribution is 8.00. The van der Waals surface area contributed by atoms with Crippen molar-refractivity contribution in [2.45, 2.75) is 18.7 Å². The third-order valence-electron chi connectivity index (χ3n) is 6.04. The Labute approximate surface area is 254 Å². The van der Waals surface area contributed by atoms with Crippen LogP contribution in [0.5, 0.6) is 0 Å². The molecule has 3 amide bonds. The van der Waals surface area contributed by atoms with Crippen LogP contribution in [-0.4, -0.2) is 36.1 Å². The molecule has 4 aromatic carbocycles. The Morgan fingerprint density at radius 1 is 0.767 bits per heavy atom. The molecule has 0 aliphatic heterocycles. The molecule has 0 aromatic heterocycles. The molecule has 8 nitrogen and oxygen atoms in total. The largest absolute Gasteiger partial charge is 0.462 e. The molecule has 0 heterocycles. The number of amides is 3. The fourth-order valence-corrected chi connectivity index (χ4v) is 4.65. The van der Waals surface area contributed by atoms with E-state index < -0.39 is 17.8 Å². The van der Waals surface area contributed by atoms with Crippen molar-refractivity contribution in [2.24, 2.45) is 0 Å². The summed E-state index contributed by atoms with van der Waals surface area (Å²) in [6.07, 6.45) is 1.64. The zero-order chi connectivity index (χ0) is 30.6. The highest BCUT2D eigenvalue weighted by atomic mass is 32.2. The second kappa shape index (κ2) is 15.2. The molecule has 0 saturated carbocycles. The van der Waals surface area contributed by atoms with Gasteiger partial charge in [0.1, 0.15) is 5.70 Å². The van der Waals surface area contributed by atoms with Gasteiger partial charge in [-0.15, -0.1) is 11.8 Å². The van der Waals surface area contributed by atoms with Crippen molar-refractivity contribution in [3.8, 4) is 0 Å². The summed E-state index contributed by atoms with van der Waals surface area (Å²) in [5, 5.41) is 8.37. The number of aryl methyl sites for hydroxylation is 1. The number of nitrogens with one attached hydrogen (secondary N) is 3. The maximum atomic E-state index is 13.3. The van der Waals surface area contributed by atoms with Crippen molar-refractivity contribution < 1.29 is 23.9 Å². The molecular weight excluding hydrogens is 562 g/mol. The Kier molecular flexibility index (Phi) is 10.9. The SMILES string of the molecule is CCOC(=O)c1ccc(NC(=O)CSc2ccc(NC(=O)/C(=C/c3cccc(C)c3)NC(=O)c3ccccc3)cc2)cc1. The van der Waals surface area contributed by atoms with Crippen LogP contribution in [0.3, 0.4) is 0 Å². The molecule has 0 aliphatic rings. The molecule has 0 atom stereocenters. The van der Waals surface area contributed by atoms with Crippen molar-refractivity contribution >= 4 is 52.9 Å². The molecule has 0 unspecified atom stereocenters. The summed E-state index contributed by atoms with van der Waals surface area (Å²) < 4.78 is 4.97. The molecule has 0 radical (unpaired) electrons. The summed E-state index contributed by atoms with van der Waals surface area (Å²) in [6, 6.07) is 29.9. The van der Waals surface area contributed by atoms with Crippen molar-refractivity contribution in [3.05, 3.63) is 131 Å². The average Bonchev–Trinajstić information content (AvgIpc) is 3.01. The summed E-state index contributed by atoms with van der Waals surface area (Å²) in [6.45, 7) is 3.98. The minimum absolute atomic E-state index is 0.102. The van der Waals surface area contributed by atoms with E-state index in [-0.39, 0.29) is 17.4 Å².